The molecule has 0 saturated carbocycles. The normalized spacial score (nSPS) is 12.7. The van der Waals surface area contributed by atoms with E-state index in [4.69, 9.17) is 11.6 Å². The van der Waals surface area contributed by atoms with Gasteiger partial charge in [-0.05, 0) is 40.8 Å². The maximum Gasteiger partial charge on any atom is 0.0809 e. The van der Waals surface area contributed by atoms with Gasteiger partial charge in [-0.3, -0.25) is 4.98 Å². The number of thiophene rings is 1. The first kappa shape index (κ1) is 14.5. The van der Waals surface area contributed by atoms with Crippen molar-refractivity contribution in [1.29, 1.82) is 0 Å². The van der Waals surface area contributed by atoms with Crippen LogP contribution < -0.4 is 5.32 Å². The fraction of sp³-hybridized carbons (Fsp3) is 0.188. The Bertz CT molecular complexity index is 726. The SMILES string of the molecule is OCC(NCc1cnc2ccsc2c1)c1ccc(Cl)cc1. The standard InChI is InChI=1S/C16H15ClN2OS/c17-13-3-1-12(2-4-13)15(10-20)19-9-11-7-16-14(18-8-11)5-6-21-16/h1-8,15,19-20H,9-10H2. The minimum absolute atomic E-state index is 0.0380. The Hall–Kier alpha value is -1.46. The Labute approximate surface area is 132 Å². The lowest BCUT2D eigenvalue weighted by Gasteiger charge is -2.16. The summed E-state index contributed by atoms with van der Waals surface area (Å²) in [4.78, 5) is 4.42. The number of pyridine rings is 1. The minimum Gasteiger partial charge on any atom is -0.394 e. The number of hydrogen-bond acceptors (Lipinski definition) is 4. The zero-order chi connectivity index (χ0) is 14.7. The third-order valence-corrected chi connectivity index (χ3v) is 4.47. The van der Waals surface area contributed by atoms with Crippen LogP contribution in [0.5, 0.6) is 0 Å². The summed E-state index contributed by atoms with van der Waals surface area (Å²) >= 11 is 7.57. The van der Waals surface area contributed by atoms with E-state index in [1.54, 1.807) is 11.3 Å². The van der Waals surface area contributed by atoms with E-state index >= 15 is 0 Å². The Morgan fingerprint density at radius 3 is 2.81 bits per heavy atom. The molecule has 5 heteroatoms. The maximum atomic E-state index is 9.56. The van der Waals surface area contributed by atoms with Gasteiger partial charge < -0.3 is 10.4 Å². The van der Waals surface area contributed by atoms with Gasteiger partial charge in [0.1, 0.15) is 0 Å². The highest BCUT2D eigenvalue weighted by atomic mass is 35.5. The molecule has 0 saturated heterocycles. The van der Waals surface area contributed by atoms with Gasteiger partial charge in [-0.25, -0.2) is 0 Å². The van der Waals surface area contributed by atoms with Gasteiger partial charge in [0, 0.05) is 17.8 Å². The lowest BCUT2D eigenvalue weighted by Crippen LogP contribution is -2.24. The molecule has 1 aromatic carbocycles. The zero-order valence-electron chi connectivity index (χ0n) is 11.3. The summed E-state index contributed by atoms with van der Waals surface area (Å²) in [6, 6.07) is 11.6. The van der Waals surface area contributed by atoms with Crippen LogP contribution in [0.1, 0.15) is 17.2 Å². The molecule has 0 fully saturated rings. The third-order valence-electron chi connectivity index (χ3n) is 3.37. The van der Waals surface area contributed by atoms with Crippen LogP contribution in [0, 0.1) is 0 Å². The number of fused-ring (bicyclic) bond motifs is 1. The molecule has 0 amide bonds. The quantitative estimate of drug-likeness (QED) is 0.752. The molecule has 0 bridgehead atoms. The van der Waals surface area contributed by atoms with Crippen molar-refractivity contribution >= 4 is 33.2 Å². The number of aliphatic hydroxyl groups is 1. The highest BCUT2D eigenvalue weighted by Gasteiger charge is 2.10. The molecule has 2 N–H and O–H groups in total. The van der Waals surface area contributed by atoms with E-state index < -0.39 is 0 Å². The smallest absolute Gasteiger partial charge is 0.0809 e. The van der Waals surface area contributed by atoms with Crippen LogP contribution in [0.25, 0.3) is 10.2 Å². The molecule has 0 aliphatic carbocycles. The van der Waals surface area contributed by atoms with Crippen LogP contribution in [0.2, 0.25) is 5.02 Å². The second kappa shape index (κ2) is 6.54. The highest BCUT2D eigenvalue weighted by Crippen LogP contribution is 2.20. The fourth-order valence-corrected chi connectivity index (χ4v) is 3.14. The van der Waals surface area contributed by atoms with Crippen molar-refractivity contribution in [3.8, 4) is 0 Å². The van der Waals surface area contributed by atoms with Crippen molar-refractivity contribution in [3.63, 3.8) is 0 Å². The second-order valence-electron chi connectivity index (χ2n) is 4.82. The number of aliphatic hydroxyl groups excluding tert-OH is 1. The van der Waals surface area contributed by atoms with E-state index in [-0.39, 0.29) is 12.6 Å². The van der Waals surface area contributed by atoms with E-state index in [1.165, 1.54) is 4.70 Å². The summed E-state index contributed by atoms with van der Waals surface area (Å²) in [5.74, 6) is 0. The molecule has 2 aromatic heterocycles. The predicted molar refractivity (Wildman–Crippen MR) is 87.7 cm³/mol. The molecule has 21 heavy (non-hydrogen) atoms. The second-order valence-corrected chi connectivity index (χ2v) is 6.20. The zero-order valence-corrected chi connectivity index (χ0v) is 12.9. The Morgan fingerprint density at radius 2 is 2.05 bits per heavy atom. The Morgan fingerprint density at radius 1 is 1.24 bits per heavy atom. The third kappa shape index (κ3) is 3.41. The Kier molecular flexibility index (Phi) is 4.51. The molecule has 1 unspecified atom stereocenters. The largest absolute Gasteiger partial charge is 0.394 e. The first-order chi connectivity index (χ1) is 10.3. The van der Waals surface area contributed by atoms with Gasteiger partial charge in [-0.15, -0.1) is 11.3 Å². The van der Waals surface area contributed by atoms with Crippen molar-refractivity contribution in [2.75, 3.05) is 6.61 Å². The highest BCUT2D eigenvalue weighted by molar-refractivity contribution is 7.17. The topological polar surface area (TPSA) is 45.1 Å². The molecular formula is C16H15ClN2OS. The Balaban J connectivity index is 1.70. The van der Waals surface area contributed by atoms with Crippen molar-refractivity contribution in [1.82, 2.24) is 10.3 Å². The van der Waals surface area contributed by atoms with Crippen LogP contribution in [-0.2, 0) is 6.54 Å². The van der Waals surface area contributed by atoms with Crippen molar-refractivity contribution in [3.05, 3.63) is 64.1 Å². The molecule has 0 aliphatic heterocycles. The summed E-state index contributed by atoms with van der Waals surface area (Å²) in [5, 5.41) is 15.6. The van der Waals surface area contributed by atoms with Crippen molar-refractivity contribution in [2.45, 2.75) is 12.6 Å². The summed E-state index contributed by atoms with van der Waals surface area (Å²) in [5.41, 5.74) is 3.16. The van der Waals surface area contributed by atoms with Gasteiger partial charge in [-0.1, -0.05) is 23.7 Å². The predicted octanol–water partition coefficient (Wildman–Crippen LogP) is 3.77. The molecule has 0 aliphatic rings. The first-order valence-electron chi connectivity index (χ1n) is 6.68. The number of nitrogens with zero attached hydrogens (tertiary/aromatic N) is 1. The van der Waals surface area contributed by atoms with Crippen LogP contribution in [0.3, 0.4) is 0 Å². The van der Waals surface area contributed by atoms with E-state index in [2.05, 4.69) is 16.4 Å². The average Bonchev–Trinajstić information content (AvgIpc) is 2.97. The minimum atomic E-state index is -0.110. The summed E-state index contributed by atoms with van der Waals surface area (Å²) in [6.07, 6.45) is 1.87. The van der Waals surface area contributed by atoms with Gasteiger partial charge in [0.25, 0.3) is 0 Å². The van der Waals surface area contributed by atoms with Gasteiger partial charge in [0.05, 0.1) is 22.9 Å². The van der Waals surface area contributed by atoms with Gasteiger partial charge in [0.2, 0.25) is 0 Å². The molecule has 1 atom stereocenters. The molecule has 0 spiro atoms. The van der Waals surface area contributed by atoms with Gasteiger partial charge in [-0.2, -0.15) is 0 Å². The maximum absolute atomic E-state index is 9.56. The fourth-order valence-electron chi connectivity index (χ4n) is 2.21. The van der Waals surface area contributed by atoms with Crippen molar-refractivity contribution in [2.24, 2.45) is 0 Å². The van der Waals surface area contributed by atoms with E-state index in [0.717, 1.165) is 16.6 Å². The van der Waals surface area contributed by atoms with Crippen molar-refractivity contribution < 1.29 is 5.11 Å². The monoisotopic (exact) mass is 318 g/mol. The molecule has 3 aromatic rings. The molecule has 108 valence electrons. The van der Waals surface area contributed by atoms with E-state index in [9.17, 15) is 5.11 Å². The van der Waals surface area contributed by atoms with Crippen LogP contribution in [0.15, 0.2) is 48.0 Å². The lowest BCUT2D eigenvalue weighted by atomic mass is 10.1. The van der Waals surface area contributed by atoms with Crippen LogP contribution in [-0.4, -0.2) is 16.7 Å². The number of rotatable bonds is 5. The van der Waals surface area contributed by atoms with Crippen LogP contribution >= 0.6 is 22.9 Å². The van der Waals surface area contributed by atoms with E-state index in [1.807, 2.05) is 41.9 Å². The van der Waals surface area contributed by atoms with Crippen LogP contribution in [0.4, 0.5) is 0 Å². The summed E-state index contributed by atoms with van der Waals surface area (Å²) in [6.45, 7) is 0.699. The first-order valence-corrected chi connectivity index (χ1v) is 7.94. The number of hydrogen-bond donors (Lipinski definition) is 2. The number of benzene rings is 1. The molecule has 3 nitrogen and oxygen atoms in total. The molecule has 2 heterocycles. The number of halogens is 1. The molecular weight excluding hydrogens is 304 g/mol. The molecule has 3 rings (SSSR count). The molecule has 0 radical (unpaired) electrons. The number of nitrogens with one attached hydrogen (secondary N) is 1. The number of aromatic nitrogens is 1. The summed E-state index contributed by atoms with van der Waals surface area (Å²) in [7, 11) is 0. The summed E-state index contributed by atoms with van der Waals surface area (Å²) < 4.78 is 1.18. The van der Waals surface area contributed by atoms with Gasteiger partial charge >= 0.3 is 0 Å². The average molecular weight is 319 g/mol. The van der Waals surface area contributed by atoms with Gasteiger partial charge in [0.15, 0.2) is 0 Å². The lowest BCUT2D eigenvalue weighted by molar-refractivity contribution is 0.243. The van der Waals surface area contributed by atoms with E-state index in [0.29, 0.717) is 11.6 Å².